The Hall–Kier alpha value is -2.08. The van der Waals surface area contributed by atoms with Crippen LogP contribution < -0.4 is 0 Å². The summed E-state index contributed by atoms with van der Waals surface area (Å²) < 4.78 is 0. The molecule has 0 aliphatic heterocycles. The molecule has 0 fully saturated rings. The van der Waals surface area contributed by atoms with Gasteiger partial charge in [-0.3, -0.25) is 0 Å². The Labute approximate surface area is 141 Å². The van der Waals surface area contributed by atoms with Gasteiger partial charge in [0.25, 0.3) is 0 Å². The van der Waals surface area contributed by atoms with Gasteiger partial charge in [0, 0.05) is 0 Å². The van der Waals surface area contributed by atoms with E-state index in [0.717, 1.165) is 19.3 Å². The monoisotopic (exact) mass is 304 g/mol. The minimum atomic E-state index is 0.946. The minimum Gasteiger partial charge on any atom is -0.0991 e. The zero-order valence-corrected chi connectivity index (χ0v) is 14.9. The molecule has 0 heteroatoms. The maximum Gasteiger partial charge on any atom is -0.00197 e. The van der Waals surface area contributed by atoms with Gasteiger partial charge in [0.15, 0.2) is 0 Å². The van der Waals surface area contributed by atoms with Crippen LogP contribution in [0.15, 0.2) is 55.1 Å². The van der Waals surface area contributed by atoms with Crippen molar-refractivity contribution < 1.29 is 0 Å². The standard InChI is InChI=1S/C23H28/c1-6-9-22(15-19-12-10-17(4)11-13-19)23-16-21(8-3)20(7-2)14-18(23)5/h6,9-14,16H,1,7-8,15H2,2-5H3/b22-9-. The van der Waals surface area contributed by atoms with E-state index in [1.165, 1.54) is 39.0 Å². The van der Waals surface area contributed by atoms with Crippen LogP contribution in [-0.4, -0.2) is 0 Å². The van der Waals surface area contributed by atoms with Crippen molar-refractivity contribution in [2.24, 2.45) is 0 Å². The largest absolute Gasteiger partial charge is 0.0991 e. The van der Waals surface area contributed by atoms with E-state index in [4.69, 9.17) is 0 Å². The Morgan fingerprint density at radius 2 is 1.57 bits per heavy atom. The van der Waals surface area contributed by atoms with Gasteiger partial charge in [-0.2, -0.15) is 0 Å². The molecule has 0 unspecified atom stereocenters. The van der Waals surface area contributed by atoms with Gasteiger partial charge in [-0.25, -0.2) is 0 Å². The van der Waals surface area contributed by atoms with E-state index in [-0.39, 0.29) is 0 Å². The smallest absolute Gasteiger partial charge is 0.00197 e. The van der Waals surface area contributed by atoms with Crippen molar-refractivity contribution in [3.05, 3.63) is 88.5 Å². The summed E-state index contributed by atoms with van der Waals surface area (Å²) >= 11 is 0. The molecule has 0 N–H and O–H groups in total. The molecule has 120 valence electrons. The molecule has 23 heavy (non-hydrogen) atoms. The summed E-state index contributed by atoms with van der Waals surface area (Å²) in [5.41, 5.74) is 9.66. The van der Waals surface area contributed by atoms with E-state index in [2.05, 4.69) is 76.7 Å². The number of hydrogen-bond acceptors (Lipinski definition) is 0. The van der Waals surface area contributed by atoms with Crippen LogP contribution in [0.4, 0.5) is 0 Å². The predicted molar refractivity (Wildman–Crippen MR) is 103 cm³/mol. The van der Waals surface area contributed by atoms with Crippen molar-refractivity contribution in [3.63, 3.8) is 0 Å². The second-order valence-electron chi connectivity index (χ2n) is 6.23. The molecule has 2 aromatic rings. The van der Waals surface area contributed by atoms with Gasteiger partial charge < -0.3 is 0 Å². The number of rotatable bonds is 6. The van der Waals surface area contributed by atoms with Crippen LogP contribution in [0.25, 0.3) is 5.57 Å². The van der Waals surface area contributed by atoms with Crippen molar-refractivity contribution >= 4 is 5.57 Å². The zero-order chi connectivity index (χ0) is 16.8. The van der Waals surface area contributed by atoms with E-state index in [1.54, 1.807) is 0 Å². The third-order valence-corrected chi connectivity index (χ3v) is 4.49. The maximum atomic E-state index is 3.91. The maximum absolute atomic E-state index is 3.91. The van der Waals surface area contributed by atoms with Crippen LogP contribution in [0.2, 0.25) is 0 Å². The fourth-order valence-corrected chi connectivity index (χ4v) is 3.13. The van der Waals surface area contributed by atoms with Gasteiger partial charge in [-0.05, 0) is 66.5 Å². The Morgan fingerprint density at radius 1 is 0.957 bits per heavy atom. The van der Waals surface area contributed by atoms with Gasteiger partial charge in [0.05, 0.1) is 0 Å². The lowest BCUT2D eigenvalue weighted by atomic mass is 9.89. The van der Waals surface area contributed by atoms with Crippen LogP contribution >= 0.6 is 0 Å². The van der Waals surface area contributed by atoms with E-state index < -0.39 is 0 Å². The lowest BCUT2D eigenvalue weighted by Crippen LogP contribution is -1.99. The molecule has 0 bridgehead atoms. The molecule has 0 aliphatic carbocycles. The predicted octanol–water partition coefficient (Wildman–Crippen LogP) is 6.24. The quantitative estimate of drug-likeness (QED) is 0.554. The number of benzene rings is 2. The van der Waals surface area contributed by atoms with Crippen molar-refractivity contribution in [2.45, 2.75) is 47.0 Å². The fourth-order valence-electron chi connectivity index (χ4n) is 3.13. The van der Waals surface area contributed by atoms with Gasteiger partial charge >= 0.3 is 0 Å². The normalized spacial score (nSPS) is 11.6. The van der Waals surface area contributed by atoms with Crippen LogP contribution in [0.1, 0.15) is 47.2 Å². The molecule has 0 spiro atoms. The van der Waals surface area contributed by atoms with Crippen molar-refractivity contribution in [2.75, 3.05) is 0 Å². The highest BCUT2D eigenvalue weighted by atomic mass is 14.1. The average molecular weight is 304 g/mol. The molecular weight excluding hydrogens is 276 g/mol. The van der Waals surface area contributed by atoms with Crippen molar-refractivity contribution in [1.29, 1.82) is 0 Å². The summed E-state index contributed by atoms with van der Waals surface area (Å²) in [6.45, 7) is 12.7. The number of allylic oxidation sites excluding steroid dienone is 3. The molecule has 0 aliphatic rings. The molecule has 2 rings (SSSR count). The van der Waals surface area contributed by atoms with E-state index in [9.17, 15) is 0 Å². The molecule has 0 radical (unpaired) electrons. The second-order valence-corrected chi connectivity index (χ2v) is 6.23. The van der Waals surface area contributed by atoms with Crippen LogP contribution in [0, 0.1) is 13.8 Å². The Balaban J connectivity index is 2.43. The summed E-state index contributed by atoms with van der Waals surface area (Å²) in [5.74, 6) is 0. The first-order valence-electron chi connectivity index (χ1n) is 8.58. The topological polar surface area (TPSA) is 0 Å². The van der Waals surface area contributed by atoms with E-state index >= 15 is 0 Å². The second kappa shape index (κ2) is 7.97. The highest BCUT2D eigenvalue weighted by Crippen LogP contribution is 2.27. The van der Waals surface area contributed by atoms with E-state index in [0.29, 0.717) is 0 Å². The van der Waals surface area contributed by atoms with Crippen LogP contribution in [0.3, 0.4) is 0 Å². The molecule has 0 aromatic heterocycles. The molecule has 0 atom stereocenters. The van der Waals surface area contributed by atoms with Gasteiger partial charge in [0.2, 0.25) is 0 Å². The van der Waals surface area contributed by atoms with Gasteiger partial charge in [0.1, 0.15) is 0 Å². The molecule has 0 nitrogen and oxygen atoms in total. The average Bonchev–Trinajstić information content (AvgIpc) is 2.56. The van der Waals surface area contributed by atoms with Gasteiger partial charge in [-0.1, -0.05) is 74.5 Å². The Bertz CT molecular complexity index is 700. The SMILES string of the molecule is C=C/C=C(/Cc1ccc(C)cc1)c1cc(CC)c(CC)cc1C. The third-order valence-electron chi connectivity index (χ3n) is 4.49. The van der Waals surface area contributed by atoms with Crippen LogP contribution in [-0.2, 0) is 19.3 Å². The lowest BCUT2D eigenvalue weighted by Gasteiger charge is -2.16. The Morgan fingerprint density at radius 3 is 2.13 bits per heavy atom. The van der Waals surface area contributed by atoms with Crippen molar-refractivity contribution in [3.8, 4) is 0 Å². The first-order chi connectivity index (χ1) is 11.1. The summed E-state index contributed by atoms with van der Waals surface area (Å²) in [6.07, 6.45) is 7.20. The minimum absolute atomic E-state index is 0.946. The first kappa shape index (κ1) is 17.3. The summed E-state index contributed by atoms with van der Waals surface area (Å²) in [6, 6.07) is 13.6. The molecule has 0 saturated carbocycles. The van der Waals surface area contributed by atoms with E-state index in [1.807, 2.05) is 6.08 Å². The van der Waals surface area contributed by atoms with Gasteiger partial charge in [-0.15, -0.1) is 0 Å². The number of hydrogen-bond donors (Lipinski definition) is 0. The zero-order valence-electron chi connectivity index (χ0n) is 14.9. The highest BCUT2D eigenvalue weighted by molar-refractivity contribution is 5.72. The molecule has 2 aromatic carbocycles. The molecular formula is C23H28. The third kappa shape index (κ3) is 4.22. The Kier molecular flexibility index (Phi) is 5.98. The summed E-state index contributed by atoms with van der Waals surface area (Å²) in [7, 11) is 0. The fraction of sp³-hybridized carbons (Fsp3) is 0.304. The summed E-state index contributed by atoms with van der Waals surface area (Å²) in [5, 5.41) is 0. The summed E-state index contributed by atoms with van der Waals surface area (Å²) in [4.78, 5) is 0. The molecule has 0 heterocycles. The van der Waals surface area contributed by atoms with Crippen molar-refractivity contribution in [1.82, 2.24) is 0 Å². The van der Waals surface area contributed by atoms with Crippen LogP contribution in [0.5, 0.6) is 0 Å². The molecule has 0 amide bonds. The lowest BCUT2D eigenvalue weighted by molar-refractivity contribution is 1.03. The molecule has 0 saturated heterocycles. The number of aryl methyl sites for hydroxylation is 4. The first-order valence-corrected chi connectivity index (χ1v) is 8.58. The highest BCUT2D eigenvalue weighted by Gasteiger charge is 2.10.